The highest BCUT2D eigenvalue weighted by Crippen LogP contribution is 2.25. The Hall–Kier alpha value is -0.720. The molecule has 0 amide bonds. The van der Waals surface area contributed by atoms with Crippen molar-refractivity contribution < 1.29 is 8.78 Å². The number of nitrogens with zero attached hydrogens (tertiary/aromatic N) is 2. The summed E-state index contributed by atoms with van der Waals surface area (Å²) in [7, 11) is 1.70. The van der Waals surface area contributed by atoms with Gasteiger partial charge in [-0.05, 0) is 23.6 Å². The van der Waals surface area contributed by atoms with Crippen LogP contribution in [-0.2, 0) is 13.5 Å². The van der Waals surface area contributed by atoms with Gasteiger partial charge >= 0.3 is 5.38 Å². The van der Waals surface area contributed by atoms with Gasteiger partial charge in [-0.15, -0.1) is 0 Å². The highest BCUT2D eigenvalue weighted by atomic mass is 35.5. The molecule has 0 saturated carbocycles. The van der Waals surface area contributed by atoms with E-state index in [0.29, 0.717) is 5.56 Å². The molecule has 1 heterocycles. The smallest absolute Gasteiger partial charge is 0.276 e. The first-order valence-corrected chi connectivity index (χ1v) is 4.31. The summed E-state index contributed by atoms with van der Waals surface area (Å²) in [5, 5.41) is 0.476. The van der Waals surface area contributed by atoms with E-state index in [1.807, 2.05) is 5.43 Å². The van der Waals surface area contributed by atoms with Crippen molar-refractivity contribution in [3.63, 3.8) is 0 Å². The number of nitrogens with two attached hydrogens (primary N) is 1. The molecule has 4 nitrogen and oxygen atoms in total. The standard InChI is InChI=1S/C7H11ClF2N4/c1-14-4-5(3-12-14)2-6(13-11)7(8,9)10/h3-4,6,13H,2,11H2,1H3. The number of hydrogen-bond acceptors (Lipinski definition) is 3. The van der Waals surface area contributed by atoms with Gasteiger partial charge in [-0.1, -0.05) is 0 Å². The van der Waals surface area contributed by atoms with E-state index in [4.69, 9.17) is 17.4 Å². The predicted molar refractivity (Wildman–Crippen MR) is 48.8 cm³/mol. The van der Waals surface area contributed by atoms with Crippen LogP contribution in [0, 0.1) is 0 Å². The Morgan fingerprint density at radius 3 is 2.79 bits per heavy atom. The van der Waals surface area contributed by atoms with Crippen molar-refractivity contribution in [1.29, 1.82) is 0 Å². The van der Waals surface area contributed by atoms with Crippen molar-refractivity contribution in [1.82, 2.24) is 15.2 Å². The van der Waals surface area contributed by atoms with Gasteiger partial charge in [-0.3, -0.25) is 10.5 Å². The Labute approximate surface area is 85.0 Å². The lowest BCUT2D eigenvalue weighted by atomic mass is 10.1. The average Bonchev–Trinajstić information content (AvgIpc) is 2.45. The molecule has 0 radical (unpaired) electrons. The Balaban J connectivity index is 2.66. The number of aryl methyl sites for hydroxylation is 1. The minimum Gasteiger partial charge on any atom is -0.276 e. The van der Waals surface area contributed by atoms with Gasteiger partial charge < -0.3 is 0 Å². The van der Waals surface area contributed by atoms with Crippen molar-refractivity contribution in [2.24, 2.45) is 12.9 Å². The minimum atomic E-state index is -3.37. The molecule has 1 unspecified atom stereocenters. The van der Waals surface area contributed by atoms with Crippen LogP contribution in [0.15, 0.2) is 12.4 Å². The van der Waals surface area contributed by atoms with E-state index in [9.17, 15) is 8.78 Å². The summed E-state index contributed by atoms with van der Waals surface area (Å²) < 4.78 is 26.9. The summed E-state index contributed by atoms with van der Waals surface area (Å²) in [6.45, 7) is 0. The summed E-state index contributed by atoms with van der Waals surface area (Å²) in [6, 6.07) is -1.30. The minimum absolute atomic E-state index is 0.0286. The van der Waals surface area contributed by atoms with E-state index in [-0.39, 0.29) is 6.42 Å². The summed E-state index contributed by atoms with van der Waals surface area (Å²) in [5.41, 5.74) is 2.63. The molecule has 0 fully saturated rings. The molecule has 0 aliphatic carbocycles. The predicted octanol–water partition coefficient (Wildman–Crippen LogP) is 0.626. The van der Waals surface area contributed by atoms with Gasteiger partial charge in [0.25, 0.3) is 0 Å². The summed E-state index contributed by atoms with van der Waals surface area (Å²) >= 11 is 4.85. The van der Waals surface area contributed by atoms with Crippen LogP contribution < -0.4 is 11.3 Å². The molecule has 0 spiro atoms. The second-order valence-electron chi connectivity index (χ2n) is 2.99. The zero-order valence-corrected chi connectivity index (χ0v) is 8.30. The van der Waals surface area contributed by atoms with Crippen LogP contribution in [0.3, 0.4) is 0 Å². The van der Waals surface area contributed by atoms with Crippen LogP contribution in [0.5, 0.6) is 0 Å². The second kappa shape index (κ2) is 4.20. The van der Waals surface area contributed by atoms with Crippen LogP contribution in [0.25, 0.3) is 0 Å². The van der Waals surface area contributed by atoms with Crippen molar-refractivity contribution in [3.05, 3.63) is 18.0 Å². The molecule has 14 heavy (non-hydrogen) atoms. The molecule has 1 rings (SSSR count). The maximum Gasteiger partial charge on any atom is 0.338 e. The molecule has 1 aromatic heterocycles. The van der Waals surface area contributed by atoms with E-state index < -0.39 is 11.4 Å². The lowest BCUT2D eigenvalue weighted by Gasteiger charge is -2.19. The molecule has 0 aliphatic rings. The lowest BCUT2D eigenvalue weighted by Crippen LogP contribution is -2.46. The van der Waals surface area contributed by atoms with E-state index in [1.165, 1.54) is 10.9 Å². The summed E-state index contributed by atoms with van der Waals surface area (Å²) in [6.07, 6.45) is 3.15. The quantitative estimate of drug-likeness (QED) is 0.448. The third-order valence-electron chi connectivity index (χ3n) is 1.79. The van der Waals surface area contributed by atoms with Crippen LogP contribution in [0.1, 0.15) is 5.56 Å². The monoisotopic (exact) mass is 224 g/mol. The molecule has 3 N–H and O–H groups in total. The van der Waals surface area contributed by atoms with E-state index in [2.05, 4.69) is 5.10 Å². The summed E-state index contributed by atoms with van der Waals surface area (Å²) in [4.78, 5) is 0. The fraction of sp³-hybridized carbons (Fsp3) is 0.571. The molecular formula is C7H11ClF2N4. The van der Waals surface area contributed by atoms with E-state index >= 15 is 0 Å². The average molecular weight is 225 g/mol. The number of hydrazine groups is 1. The third-order valence-corrected chi connectivity index (χ3v) is 2.06. The molecule has 0 aromatic carbocycles. The number of nitrogens with one attached hydrogen (secondary N) is 1. The molecule has 1 aromatic rings. The fourth-order valence-corrected chi connectivity index (χ4v) is 1.22. The highest BCUT2D eigenvalue weighted by Gasteiger charge is 2.36. The Kier molecular flexibility index (Phi) is 3.41. The number of alkyl halides is 3. The molecular weight excluding hydrogens is 214 g/mol. The zero-order valence-electron chi connectivity index (χ0n) is 7.54. The van der Waals surface area contributed by atoms with Gasteiger partial charge in [0.05, 0.1) is 6.20 Å². The van der Waals surface area contributed by atoms with Crippen LogP contribution >= 0.6 is 11.6 Å². The van der Waals surface area contributed by atoms with Crippen LogP contribution in [-0.4, -0.2) is 21.2 Å². The Morgan fingerprint density at radius 2 is 2.43 bits per heavy atom. The largest absolute Gasteiger partial charge is 0.338 e. The van der Waals surface area contributed by atoms with Gasteiger partial charge in [0.1, 0.15) is 6.04 Å². The van der Waals surface area contributed by atoms with Crippen LogP contribution in [0.4, 0.5) is 8.78 Å². The molecule has 1 atom stereocenters. The fourth-order valence-electron chi connectivity index (χ4n) is 1.08. The number of rotatable bonds is 4. The first-order chi connectivity index (χ1) is 6.43. The van der Waals surface area contributed by atoms with E-state index in [0.717, 1.165) is 0 Å². The Morgan fingerprint density at radius 1 is 1.79 bits per heavy atom. The molecule has 0 saturated heterocycles. The zero-order chi connectivity index (χ0) is 10.8. The maximum atomic E-state index is 12.7. The molecule has 7 heteroatoms. The SMILES string of the molecule is Cn1cc(CC(NN)C(F)(F)Cl)cn1. The number of halogens is 3. The maximum absolute atomic E-state index is 12.7. The number of aromatic nitrogens is 2. The van der Waals surface area contributed by atoms with Gasteiger partial charge in [0.2, 0.25) is 0 Å². The van der Waals surface area contributed by atoms with Crippen molar-refractivity contribution >= 4 is 11.6 Å². The lowest BCUT2D eigenvalue weighted by molar-refractivity contribution is 0.0503. The third kappa shape index (κ3) is 2.90. The first kappa shape index (κ1) is 11.4. The normalized spacial score (nSPS) is 14.4. The molecule has 80 valence electrons. The topological polar surface area (TPSA) is 55.9 Å². The molecule has 0 aliphatic heterocycles. The Bertz CT molecular complexity index is 296. The second-order valence-corrected chi connectivity index (χ2v) is 3.49. The van der Waals surface area contributed by atoms with Gasteiger partial charge in [-0.2, -0.15) is 13.9 Å². The molecule has 0 bridgehead atoms. The van der Waals surface area contributed by atoms with Gasteiger partial charge in [0, 0.05) is 13.2 Å². The van der Waals surface area contributed by atoms with Gasteiger partial charge in [0.15, 0.2) is 0 Å². The van der Waals surface area contributed by atoms with Crippen LogP contribution in [0.2, 0.25) is 0 Å². The van der Waals surface area contributed by atoms with Crippen molar-refractivity contribution in [3.8, 4) is 0 Å². The van der Waals surface area contributed by atoms with Crippen molar-refractivity contribution in [2.75, 3.05) is 0 Å². The first-order valence-electron chi connectivity index (χ1n) is 3.94. The highest BCUT2D eigenvalue weighted by molar-refractivity contribution is 6.22. The van der Waals surface area contributed by atoms with E-state index in [1.54, 1.807) is 13.2 Å². The number of hydrogen-bond donors (Lipinski definition) is 2. The summed E-state index contributed by atoms with van der Waals surface area (Å²) in [5.74, 6) is 4.97. The van der Waals surface area contributed by atoms with Gasteiger partial charge in [-0.25, -0.2) is 5.43 Å². The van der Waals surface area contributed by atoms with Crippen molar-refractivity contribution in [2.45, 2.75) is 17.8 Å².